The fourth-order valence-electron chi connectivity index (χ4n) is 2.87. The molecule has 1 aliphatic rings. The summed E-state index contributed by atoms with van der Waals surface area (Å²) in [6.45, 7) is 1.67. The third-order valence-corrected chi connectivity index (χ3v) is 4.79. The number of amides is 2. The second-order valence-corrected chi connectivity index (χ2v) is 7.11. The lowest BCUT2D eigenvalue weighted by molar-refractivity contribution is -0.127. The maximum atomic E-state index is 12.3. The quantitative estimate of drug-likeness (QED) is 0.669. The summed E-state index contributed by atoms with van der Waals surface area (Å²) in [4.78, 5) is 37.8. The van der Waals surface area contributed by atoms with Crippen molar-refractivity contribution in [1.82, 2.24) is 20.0 Å². The molecule has 27 heavy (non-hydrogen) atoms. The number of hydrogen-bond donors (Lipinski definition) is 2. The van der Waals surface area contributed by atoms with Crippen molar-refractivity contribution in [2.24, 2.45) is 0 Å². The Balaban J connectivity index is 1.67. The zero-order chi connectivity index (χ0) is 19.4. The van der Waals surface area contributed by atoms with Crippen LogP contribution in [0.1, 0.15) is 29.8 Å². The maximum Gasteiger partial charge on any atom is 0.275 e. The van der Waals surface area contributed by atoms with E-state index < -0.39 is 17.2 Å². The molecular formula is C18H19BrN4O4. The van der Waals surface area contributed by atoms with Crippen LogP contribution in [-0.4, -0.2) is 51.2 Å². The van der Waals surface area contributed by atoms with Crippen LogP contribution in [0.25, 0.3) is 5.69 Å². The van der Waals surface area contributed by atoms with Crippen molar-refractivity contribution in [2.75, 3.05) is 19.6 Å². The van der Waals surface area contributed by atoms with Gasteiger partial charge in [0.1, 0.15) is 0 Å². The van der Waals surface area contributed by atoms with Gasteiger partial charge in [0, 0.05) is 36.6 Å². The smallest absolute Gasteiger partial charge is 0.275 e. The Morgan fingerprint density at radius 1 is 1.26 bits per heavy atom. The van der Waals surface area contributed by atoms with Gasteiger partial charge >= 0.3 is 0 Å². The zero-order valence-electron chi connectivity index (χ0n) is 14.5. The van der Waals surface area contributed by atoms with Gasteiger partial charge in [0.05, 0.1) is 5.69 Å². The number of aromatic nitrogens is 2. The van der Waals surface area contributed by atoms with E-state index in [-0.39, 0.29) is 11.6 Å². The fraction of sp³-hybridized carbons (Fsp3) is 0.333. The van der Waals surface area contributed by atoms with Crippen molar-refractivity contribution in [1.29, 1.82) is 0 Å². The molecule has 2 aromatic rings. The van der Waals surface area contributed by atoms with Gasteiger partial charge < -0.3 is 15.3 Å². The summed E-state index contributed by atoms with van der Waals surface area (Å²) < 4.78 is 1.90. The van der Waals surface area contributed by atoms with Gasteiger partial charge in [0.15, 0.2) is 11.4 Å². The van der Waals surface area contributed by atoms with Gasteiger partial charge in [-0.15, -0.1) is 0 Å². The molecule has 2 amide bonds. The predicted molar refractivity (Wildman–Crippen MR) is 102 cm³/mol. The van der Waals surface area contributed by atoms with E-state index in [4.69, 9.17) is 0 Å². The lowest BCUT2D eigenvalue weighted by atomic mass is 10.3. The summed E-state index contributed by atoms with van der Waals surface area (Å²) >= 11 is 3.31. The monoisotopic (exact) mass is 434 g/mol. The number of benzene rings is 1. The van der Waals surface area contributed by atoms with Crippen LogP contribution in [0.3, 0.4) is 0 Å². The third kappa shape index (κ3) is 4.54. The predicted octanol–water partition coefficient (Wildman–Crippen LogP) is 1.44. The molecule has 2 heterocycles. The minimum absolute atomic E-state index is 0.141. The van der Waals surface area contributed by atoms with Gasteiger partial charge in [0.2, 0.25) is 5.91 Å². The highest BCUT2D eigenvalue weighted by Gasteiger charge is 2.20. The maximum absolute atomic E-state index is 12.3. The minimum atomic E-state index is -0.578. The average Bonchev–Trinajstić information content (AvgIpc) is 3.04. The summed E-state index contributed by atoms with van der Waals surface area (Å²) in [5, 5.41) is 16.6. The van der Waals surface area contributed by atoms with E-state index in [9.17, 15) is 19.5 Å². The summed E-state index contributed by atoms with van der Waals surface area (Å²) in [7, 11) is 0. The van der Waals surface area contributed by atoms with Crippen LogP contribution in [0.15, 0.2) is 39.6 Å². The first-order chi connectivity index (χ1) is 13.0. The second-order valence-electron chi connectivity index (χ2n) is 6.20. The van der Waals surface area contributed by atoms with E-state index >= 15 is 0 Å². The Morgan fingerprint density at radius 3 is 2.67 bits per heavy atom. The van der Waals surface area contributed by atoms with E-state index in [1.807, 2.05) is 0 Å². The van der Waals surface area contributed by atoms with Gasteiger partial charge in [-0.05, 0) is 37.1 Å². The summed E-state index contributed by atoms with van der Waals surface area (Å²) in [5.74, 6) is -0.908. The van der Waals surface area contributed by atoms with Crippen LogP contribution < -0.4 is 10.9 Å². The van der Waals surface area contributed by atoms with E-state index in [1.165, 1.54) is 0 Å². The van der Waals surface area contributed by atoms with Gasteiger partial charge in [-0.3, -0.25) is 14.4 Å². The molecule has 8 nitrogen and oxygen atoms in total. The molecule has 1 fully saturated rings. The van der Waals surface area contributed by atoms with Crippen molar-refractivity contribution in [3.63, 3.8) is 0 Å². The first kappa shape index (κ1) is 19.1. The van der Waals surface area contributed by atoms with Crippen LogP contribution in [-0.2, 0) is 4.79 Å². The number of carbonyl (C=O) groups is 2. The Morgan fingerprint density at radius 2 is 2.00 bits per heavy atom. The van der Waals surface area contributed by atoms with Crippen molar-refractivity contribution < 1.29 is 14.7 Å². The Bertz CT molecular complexity index is 911. The number of halogens is 1. The van der Waals surface area contributed by atoms with Crippen molar-refractivity contribution in [2.45, 2.75) is 19.3 Å². The average molecular weight is 435 g/mol. The van der Waals surface area contributed by atoms with Crippen LogP contribution in [0.5, 0.6) is 5.75 Å². The Kier molecular flexibility index (Phi) is 5.90. The summed E-state index contributed by atoms with van der Waals surface area (Å²) in [5.41, 5.74) is -0.293. The fourth-order valence-corrected chi connectivity index (χ4v) is 3.14. The number of aromatic hydroxyl groups is 1. The van der Waals surface area contributed by atoms with Gasteiger partial charge in [-0.25, -0.2) is 0 Å². The first-order valence-corrected chi connectivity index (χ1v) is 9.40. The Hall–Kier alpha value is -2.68. The second kappa shape index (κ2) is 8.34. The number of hydrogen-bond acceptors (Lipinski definition) is 5. The topological polar surface area (TPSA) is 105 Å². The molecule has 0 bridgehead atoms. The molecule has 142 valence electrons. The van der Waals surface area contributed by atoms with Gasteiger partial charge in [0.25, 0.3) is 11.5 Å². The molecule has 2 N–H and O–H groups in total. The molecule has 0 spiro atoms. The number of rotatable bonds is 6. The molecule has 0 radical (unpaired) electrons. The van der Waals surface area contributed by atoms with Crippen LogP contribution in [0.2, 0.25) is 0 Å². The van der Waals surface area contributed by atoms with Crippen LogP contribution >= 0.6 is 15.9 Å². The van der Waals surface area contributed by atoms with Gasteiger partial charge in [-0.1, -0.05) is 15.9 Å². The third-order valence-electron chi connectivity index (χ3n) is 4.26. The number of carbonyl (C=O) groups excluding carboxylic acids is 2. The van der Waals surface area contributed by atoms with Crippen molar-refractivity contribution in [3.8, 4) is 11.4 Å². The highest BCUT2D eigenvalue weighted by molar-refractivity contribution is 9.10. The molecule has 0 aliphatic carbocycles. The molecule has 1 aromatic carbocycles. The number of likely N-dealkylation sites (tertiary alicyclic amines) is 1. The van der Waals surface area contributed by atoms with Crippen molar-refractivity contribution in [3.05, 3.63) is 50.9 Å². The van der Waals surface area contributed by atoms with Crippen LogP contribution in [0, 0.1) is 0 Å². The lowest BCUT2D eigenvalue weighted by Crippen LogP contribution is -2.32. The van der Waals surface area contributed by atoms with Crippen molar-refractivity contribution >= 4 is 27.7 Å². The highest BCUT2D eigenvalue weighted by atomic mass is 79.9. The first-order valence-electron chi connectivity index (χ1n) is 8.61. The molecular weight excluding hydrogens is 416 g/mol. The number of nitrogens with one attached hydrogen (secondary N) is 1. The molecule has 1 aliphatic heterocycles. The number of nitrogens with zero attached hydrogens (tertiary/aromatic N) is 3. The largest absolute Gasteiger partial charge is 0.505 e. The van der Waals surface area contributed by atoms with E-state index in [1.54, 1.807) is 29.2 Å². The molecule has 0 saturated carbocycles. The van der Waals surface area contributed by atoms with Gasteiger partial charge in [-0.2, -0.15) is 9.78 Å². The minimum Gasteiger partial charge on any atom is -0.505 e. The lowest BCUT2D eigenvalue weighted by Gasteiger charge is -2.15. The summed E-state index contributed by atoms with van der Waals surface area (Å²) in [6, 6.07) is 7.80. The molecule has 1 saturated heterocycles. The van der Waals surface area contributed by atoms with E-state index in [2.05, 4.69) is 26.3 Å². The molecule has 0 unspecified atom stereocenters. The molecule has 1 aromatic heterocycles. The zero-order valence-corrected chi connectivity index (χ0v) is 16.1. The van der Waals surface area contributed by atoms with Crippen LogP contribution in [0.4, 0.5) is 0 Å². The molecule has 9 heteroatoms. The van der Waals surface area contributed by atoms with E-state index in [0.29, 0.717) is 31.6 Å². The highest BCUT2D eigenvalue weighted by Crippen LogP contribution is 2.15. The molecule has 3 rings (SSSR count). The molecule has 0 atom stereocenters. The Labute approximate surface area is 163 Å². The van der Waals surface area contributed by atoms with E-state index in [0.717, 1.165) is 28.2 Å². The SMILES string of the molecule is O=C(NCCCN1CCCC1=O)c1nn(-c2ccc(Br)cc2)c(=O)cc1O. The standard InChI is InChI=1S/C18H19BrN4O4/c19-12-4-6-13(7-5-12)23-16(26)11-14(24)17(21-23)18(27)20-8-2-10-22-9-1-3-15(22)25/h4-7,11,24H,1-3,8-10H2,(H,20,27). The normalized spacial score (nSPS) is 13.8. The summed E-state index contributed by atoms with van der Waals surface area (Å²) in [6.07, 6.45) is 2.06.